The van der Waals surface area contributed by atoms with Crippen LogP contribution in [0.5, 0.6) is 5.75 Å². The van der Waals surface area contributed by atoms with Crippen LogP contribution in [-0.2, 0) is 13.0 Å². The van der Waals surface area contributed by atoms with Gasteiger partial charge in [-0.05, 0) is 50.1 Å². The van der Waals surface area contributed by atoms with E-state index in [4.69, 9.17) is 4.74 Å². The van der Waals surface area contributed by atoms with Crippen LogP contribution in [0.1, 0.15) is 34.8 Å². The molecule has 0 saturated heterocycles. The molecule has 1 aliphatic carbocycles. The standard InChI is InChI=1S/C22H26N4O3/c1-12-7-14-3-5-23-10-16(14)18(8-12)29-19-9-17(20(27)21(19)28)26-6-4-15-13(2)24-11-25-22(15)26/h4,6-8,11,17,19-21,23,27-28H,3,5,9-10H2,1-2H3/t17?,19?,20-,21+/m0/s1. The molecule has 0 radical (unpaired) electrons. The Balaban J connectivity index is 1.45. The fourth-order valence-electron chi connectivity index (χ4n) is 4.71. The van der Waals surface area contributed by atoms with Crippen molar-refractivity contribution in [1.29, 1.82) is 0 Å². The van der Waals surface area contributed by atoms with E-state index >= 15 is 0 Å². The lowest BCUT2D eigenvalue weighted by molar-refractivity contribution is -0.0166. The summed E-state index contributed by atoms with van der Waals surface area (Å²) in [6.07, 6.45) is 2.55. The van der Waals surface area contributed by atoms with Crippen LogP contribution < -0.4 is 10.1 Å². The normalized spacial score (nSPS) is 26.6. The van der Waals surface area contributed by atoms with Crippen LogP contribution in [0.25, 0.3) is 11.0 Å². The highest BCUT2D eigenvalue weighted by Gasteiger charge is 2.44. The van der Waals surface area contributed by atoms with E-state index in [0.29, 0.717) is 6.42 Å². The van der Waals surface area contributed by atoms with Crippen molar-refractivity contribution >= 4 is 11.0 Å². The highest BCUT2D eigenvalue weighted by Crippen LogP contribution is 2.37. The first-order valence-electron chi connectivity index (χ1n) is 10.2. The number of aliphatic hydroxyl groups is 2. The fraction of sp³-hybridized carbons (Fsp3) is 0.455. The topological polar surface area (TPSA) is 92.4 Å². The molecular formula is C22H26N4O3. The molecular weight excluding hydrogens is 368 g/mol. The molecule has 2 aliphatic rings. The lowest BCUT2D eigenvalue weighted by Crippen LogP contribution is -2.35. The minimum atomic E-state index is -0.965. The molecule has 1 aliphatic heterocycles. The molecule has 1 saturated carbocycles. The molecule has 5 rings (SSSR count). The van der Waals surface area contributed by atoms with Gasteiger partial charge in [0.05, 0.1) is 11.7 Å². The number of rotatable bonds is 3. The van der Waals surface area contributed by atoms with Gasteiger partial charge in [-0.3, -0.25) is 0 Å². The number of aryl methyl sites for hydroxylation is 2. The molecule has 3 heterocycles. The third kappa shape index (κ3) is 3.10. The summed E-state index contributed by atoms with van der Waals surface area (Å²) < 4.78 is 8.24. The zero-order chi connectivity index (χ0) is 20.1. The Morgan fingerprint density at radius 1 is 1.17 bits per heavy atom. The summed E-state index contributed by atoms with van der Waals surface area (Å²) in [5.74, 6) is 0.805. The van der Waals surface area contributed by atoms with E-state index in [0.717, 1.165) is 53.1 Å². The maximum atomic E-state index is 10.8. The number of ether oxygens (including phenoxy) is 1. The molecule has 29 heavy (non-hydrogen) atoms. The average Bonchev–Trinajstić information content (AvgIpc) is 3.25. The van der Waals surface area contributed by atoms with Crippen molar-refractivity contribution in [3.8, 4) is 5.75 Å². The molecule has 1 aromatic carbocycles. The van der Waals surface area contributed by atoms with Gasteiger partial charge in [0.25, 0.3) is 0 Å². The molecule has 152 valence electrons. The number of aliphatic hydroxyl groups excluding tert-OH is 2. The van der Waals surface area contributed by atoms with Crippen molar-refractivity contribution in [3.63, 3.8) is 0 Å². The minimum absolute atomic E-state index is 0.305. The molecule has 0 amide bonds. The summed E-state index contributed by atoms with van der Waals surface area (Å²) in [4.78, 5) is 8.63. The predicted octanol–water partition coefficient (Wildman–Crippen LogP) is 1.81. The summed E-state index contributed by atoms with van der Waals surface area (Å²) in [7, 11) is 0. The van der Waals surface area contributed by atoms with Crippen molar-refractivity contribution in [2.75, 3.05) is 6.54 Å². The summed E-state index contributed by atoms with van der Waals surface area (Å²) in [5, 5.41) is 25.9. The van der Waals surface area contributed by atoms with E-state index in [2.05, 4.69) is 28.3 Å². The van der Waals surface area contributed by atoms with Crippen LogP contribution in [0.4, 0.5) is 0 Å². The van der Waals surface area contributed by atoms with E-state index in [1.807, 2.05) is 29.8 Å². The molecule has 2 unspecified atom stereocenters. The Morgan fingerprint density at radius 3 is 2.90 bits per heavy atom. The number of aromatic nitrogens is 3. The van der Waals surface area contributed by atoms with Gasteiger partial charge in [-0.2, -0.15) is 0 Å². The van der Waals surface area contributed by atoms with E-state index in [1.165, 1.54) is 11.9 Å². The Hall–Kier alpha value is -2.48. The Kier molecular flexibility index (Phi) is 4.53. The quantitative estimate of drug-likeness (QED) is 0.628. The summed E-state index contributed by atoms with van der Waals surface area (Å²) in [6, 6.07) is 5.89. The molecule has 0 bridgehead atoms. The van der Waals surface area contributed by atoms with Crippen molar-refractivity contribution < 1.29 is 14.9 Å². The van der Waals surface area contributed by atoms with E-state index in [-0.39, 0.29) is 6.04 Å². The Morgan fingerprint density at radius 2 is 2.03 bits per heavy atom. The number of benzene rings is 1. The Bertz CT molecular complexity index is 1060. The Labute approximate surface area is 169 Å². The number of fused-ring (bicyclic) bond motifs is 2. The van der Waals surface area contributed by atoms with Gasteiger partial charge in [0, 0.05) is 30.1 Å². The van der Waals surface area contributed by atoms with Crippen LogP contribution in [0, 0.1) is 13.8 Å². The molecule has 7 nitrogen and oxygen atoms in total. The van der Waals surface area contributed by atoms with Crippen molar-refractivity contribution in [2.24, 2.45) is 0 Å². The maximum absolute atomic E-state index is 10.8. The van der Waals surface area contributed by atoms with Gasteiger partial charge < -0.3 is 24.8 Å². The van der Waals surface area contributed by atoms with Gasteiger partial charge in [-0.1, -0.05) is 6.07 Å². The maximum Gasteiger partial charge on any atom is 0.143 e. The highest BCUT2D eigenvalue weighted by atomic mass is 16.5. The van der Waals surface area contributed by atoms with Gasteiger partial charge in [0.2, 0.25) is 0 Å². The molecule has 3 aromatic rings. The second kappa shape index (κ2) is 7.09. The predicted molar refractivity (Wildman–Crippen MR) is 109 cm³/mol. The van der Waals surface area contributed by atoms with Crippen LogP contribution in [0.15, 0.2) is 30.7 Å². The second-order valence-corrected chi connectivity index (χ2v) is 8.19. The first-order chi connectivity index (χ1) is 14.0. The molecule has 1 fully saturated rings. The summed E-state index contributed by atoms with van der Waals surface area (Å²) >= 11 is 0. The number of nitrogens with zero attached hydrogens (tertiary/aromatic N) is 3. The molecule has 7 heteroatoms. The van der Waals surface area contributed by atoms with Crippen LogP contribution >= 0.6 is 0 Å². The molecule has 2 aromatic heterocycles. The molecule has 4 atom stereocenters. The SMILES string of the molecule is Cc1cc2c(c(OC3CC(n4ccc5c(C)ncnc54)[C@H](O)[C@@H]3O)c1)CNCC2. The number of hydrogen-bond acceptors (Lipinski definition) is 6. The van der Waals surface area contributed by atoms with Crippen LogP contribution in [0.2, 0.25) is 0 Å². The average molecular weight is 394 g/mol. The molecule has 3 N–H and O–H groups in total. The van der Waals surface area contributed by atoms with Gasteiger partial charge in [0.15, 0.2) is 0 Å². The fourth-order valence-corrected chi connectivity index (χ4v) is 4.71. The van der Waals surface area contributed by atoms with Crippen molar-refractivity contribution in [3.05, 3.63) is 53.1 Å². The van der Waals surface area contributed by atoms with Crippen LogP contribution in [0.3, 0.4) is 0 Å². The highest BCUT2D eigenvalue weighted by molar-refractivity contribution is 5.78. The van der Waals surface area contributed by atoms with E-state index < -0.39 is 18.3 Å². The zero-order valence-corrected chi connectivity index (χ0v) is 16.7. The van der Waals surface area contributed by atoms with Gasteiger partial charge >= 0.3 is 0 Å². The second-order valence-electron chi connectivity index (χ2n) is 8.19. The monoisotopic (exact) mass is 394 g/mol. The first kappa shape index (κ1) is 18.5. The van der Waals surface area contributed by atoms with Crippen molar-refractivity contribution in [2.45, 2.75) is 57.6 Å². The van der Waals surface area contributed by atoms with Crippen molar-refractivity contribution in [1.82, 2.24) is 19.9 Å². The third-order valence-electron chi connectivity index (χ3n) is 6.26. The summed E-state index contributed by atoms with van der Waals surface area (Å²) in [6.45, 7) is 5.73. The van der Waals surface area contributed by atoms with Gasteiger partial charge in [-0.15, -0.1) is 0 Å². The lowest BCUT2D eigenvalue weighted by atomic mass is 9.97. The van der Waals surface area contributed by atoms with E-state index in [9.17, 15) is 10.2 Å². The third-order valence-corrected chi connectivity index (χ3v) is 6.26. The first-order valence-corrected chi connectivity index (χ1v) is 10.2. The van der Waals surface area contributed by atoms with Gasteiger partial charge in [-0.25, -0.2) is 9.97 Å². The lowest BCUT2D eigenvalue weighted by Gasteiger charge is -2.25. The summed E-state index contributed by atoms with van der Waals surface area (Å²) in [5.41, 5.74) is 5.27. The van der Waals surface area contributed by atoms with Gasteiger partial charge in [0.1, 0.15) is 36.0 Å². The minimum Gasteiger partial charge on any atom is -0.487 e. The largest absolute Gasteiger partial charge is 0.487 e. The van der Waals surface area contributed by atoms with E-state index in [1.54, 1.807) is 0 Å². The number of nitrogens with one attached hydrogen (secondary N) is 1. The number of hydrogen-bond donors (Lipinski definition) is 3. The smallest absolute Gasteiger partial charge is 0.143 e. The molecule has 0 spiro atoms. The van der Waals surface area contributed by atoms with Crippen LogP contribution in [-0.4, -0.2) is 49.6 Å². The zero-order valence-electron chi connectivity index (χ0n) is 16.7.